The first-order chi connectivity index (χ1) is 18.4. The summed E-state index contributed by atoms with van der Waals surface area (Å²) in [6.45, 7) is 0. The van der Waals surface area contributed by atoms with Gasteiger partial charge in [0, 0.05) is 45.2 Å². The third-order valence-corrected chi connectivity index (χ3v) is 8.44. The van der Waals surface area contributed by atoms with Crippen LogP contribution >= 0.6 is 58.0 Å². The number of benzene rings is 3. The Morgan fingerprint density at radius 3 is 2.10 bits per heavy atom. The molecule has 5 nitrogen and oxygen atoms in total. The predicted octanol–water partition coefficient (Wildman–Crippen LogP) is 8.09. The smallest absolute Gasteiger partial charge is 0.231 e. The molecule has 3 aromatic rings. The summed E-state index contributed by atoms with van der Waals surface area (Å²) in [5.41, 5.74) is 1.51. The number of nitrogens with one attached hydrogen (secondary N) is 2. The number of amides is 2. The molecular formula is C28H20Cl5FN2O3. The summed E-state index contributed by atoms with van der Waals surface area (Å²) in [6.07, 6.45) is 1.39. The SMILES string of the molecule is O=C(Cc1ccc(NC(=O)C2CC2)cc1F)c1cc(NC(=O)C2C(c3cc(Cl)cc(Cl)c3)C2(Cl)Cl)ccc1Cl. The van der Waals surface area contributed by atoms with Crippen molar-refractivity contribution >= 4 is 87.0 Å². The van der Waals surface area contributed by atoms with E-state index in [4.69, 9.17) is 58.0 Å². The summed E-state index contributed by atoms with van der Waals surface area (Å²) in [6, 6.07) is 13.5. The van der Waals surface area contributed by atoms with Gasteiger partial charge in [0.05, 0.1) is 10.9 Å². The molecule has 0 saturated heterocycles. The Morgan fingerprint density at radius 2 is 1.46 bits per heavy atom. The number of hydrogen-bond donors (Lipinski definition) is 2. The van der Waals surface area contributed by atoms with Gasteiger partial charge in [-0.2, -0.15) is 0 Å². The van der Waals surface area contributed by atoms with E-state index in [-0.39, 0.29) is 34.4 Å². The number of carbonyl (C=O) groups is 3. The van der Waals surface area contributed by atoms with Crippen LogP contribution in [-0.2, 0) is 16.0 Å². The number of alkyl halides is 2. The molecule has 2 aliphatic carbocycles. The van der Waals surface area contributed by atoms with Crippen molar-refractivity contribution in [3.8, 4) is 0 Å². The number of Topliss-reactive ketones (excluding diaryl/α,β-unsaturated/α-hetero) is 1. The van der Waals surface area contributed by atoms with Crippen molar-refractivity contribution in [3.05, 3.63) is 92.2 Å². The van der Waals surface area contributed by atoms with Crippen LogP contribution in [0.15, 0.2) is 54.6 Å². The molecule has 2 unspecified atom stereocenters. The highest BCUT2D eigenvalue weighted by atomic mass is 35.5. The Balaban J connectivity index is 1.27. The van der Waals surface area contributed by atoms with Gasteiger partial charge in [0.2, 0.25) is 11.8 Å². The number of anilines is 2. The lowest BCUT2D eigenvalue weighted by Crippen LogP contribution is -2.17. The lowest BCUT2D eigenvalue weighted by molar-refractivity contribution is -0.118. The number of rotatable bonds is 8. The van der Waals surface area contributed by atoms with Crippen LogP contribution in [0.4, 0.5) is 15.8 Å². The maximum Gasteiger partial charge on any atom is 0.231 e. The second-order valence-electron chi connectivity index (χ2n) is 9.69. The first-order valence-corrected chi connectivity index (χ1v) is 13.9. The quantitative estimate of drug-likeness (QED) is 0.196. The topological polar surface area (TPSA) is 75.3 Å². The largest absolute Gasteiger partial charge is 0.326 e. The number of hydrogen-bond acceptors (Lipinski definition) is 3. The normalized spacial score (nSPS) is 19.3. The van der Waals surface area contributed by atoms with E-state index < -0.39 is 33.7 Å². The number of halogens is 6. The molecule has 11 heteroatoms. The van der Waals surface area contributed by atoms with Gasteiger partial charge in [0.25, 0.3) is 0 Å². The van der Waals surface area contributed by atoms with E-state index in [0.29, 0.717) is 27.0 Å². The van der Waals surface area contributed by atoms with E-state index in [2.05, 4.69) is 10.6 Å². The molecule has 2 amide bonds. The van der Waals surface area contributed by atoms with E-state index in [1.165, 1.54) is 30.3 Å². The van der Waals surface area contributed by atoms with Crippen molar-refractivity contribution in [2.75, 3.05) is 10.6 Å². The van der Waals surface area contributed by atoms with Gasteiger partial charge in [-0.1, -0.05) is 40.9 Å². The Morgan fingerprint density at radius 1 is 0.846 bits per heavy atom. The fraction of sp³-hybridized carbons (Fsp3) is 0.250. The molecule has 0 heterocycles. The third-order valence-electron chi connectivity index (χ3n) is 6.73. The van der Waals surface area contributed by atoms with Crippen molar-refractivity contribution in [1.29, 1.82) is 0 Å². The van der Waals surface area contributed by atoms with Gasteiger partial charge in [-0.25, -0.2) is 4.39 Å². The van der Waals surface area contributed by atoms with Gasteiger partial charge >= 0.3 is 0 Å². The molecule has 3 aromatic carbocycles. The second kappa shape index (κ2) is 10.9. The van der Waals surface area contributed by atoms with Crippen LogP contribution < -0.4 is 10.6 Å². The minimum atomic E-state index is -1.37. The molecule has 0 aliphatic heterocycles. The standard InChI is InChI=1S/C28H20Cl5FN2O3/c29-16-7-15(8-17(30)10-16)24-25(28(24,32)33)27(39)36-18-5-6-21(31)20(11-18)23(37)9-14-3-4-19(12-22(14)34)35-26(38)13-1-2-13/h3-8,10-13,24-25H,1-2,9H2,(H,35,38)(H,36,39). The van der Waals surface area contributed by atoms with Crippen LogP contribution in [0.1, 0.15) is 40.2 Å². The van der Waals surface area contributed by atoms with E-state index >= 15 is 0 Å². The number of ketones is 1. The maximum absolute atomic E-state index is 14.7. The molecule has 0 spiro atoms. The monoisotopic (exact) mass is 626 g/mol. The van der Waals surface area contributed by atoms with Crippen LogP contribution in [0.5, 0.6) is 0 Å². The molecule has 0 radical (unpaired) electrons. The fourth-order valence-electron chi connectivity index (χ4n) is 4.49. The maximum atomic E-state index is 14.7. The summed E-state index contributed by atoms with van der Waals surface area (Å²) in [4.78, 5) is 38.0. The molecule has 2 N–H and O–H groups in total. The average molecular weight is 629 g/mol. The van der Waals surface area contributed by atoms with Crippen molar-refractivity contribution in [3.63, 3.8) is 0 Å². The molecule has 5 rings (SSSR count). The summed E-state index contributed by atoms with van der Waals surface area (Å²) in [7, 11) is 0. The molecule has 0 aromatic heterocycles. The first kappa shape index (κ1) is 28.2. The van der Waals surface area contributed by atoms with Crippen LogP contribution in [0, 0.1) is 17.7 Å². The van der Waals surface area contributed by atoms with Crippen molar-refractivity contribution in [1.82, 2.24) is 0 Å². The highest BCUT2D eigenvalue weighted by Gasteiger charge is 2.67. The Labute approximate surface area is 248 Å². The second-order valence-corrected chi connectivity index (χ2v) is 12.4. The fourth-order valence-corrected chi connectivity index (χ4v) is 6.08. The Bertz CT molecular complexity index is 1490. The molecule has 2 fully saturated rings. The first-order valence-electron chi connectivity index (χ1n) is 12.0. The third kappa shape index (κ3) is 6.21. The molecule has 0 bridgehead atoms. The van der Waals surface area contributed by atoms with E-state index in [1.54, 1.807) is 24.3 Å². The summed E-state index contributed by atoms with van der Waals surface area (Å²) < 4.78 is 13.3. The highest BCUT2D eigenvalue weighted by Crippen LogP contribution is 2.65. The number of carbonyl (C=O) groups excluding carboxylic acids is 3. The molecule has 2 atom stereocenters. The van der Waals surface area contributed by atoms with E-state index in [1.807, 2.05) is 0 Å². The average Bonchev–Trinajstić information content (AvgIpc) is 3.77. The summed E-state index contributed by atoms with van der Waals surface area (Å²) in [5, 5.41) is 6.33. The molecule has 202 valence electrons. The zero-order valence-corrected chi connectivity index (χ0v) is 23.8. The van der Waals surface area contributed by atoms with Gasteiger partial charge in [-0.15, -0.1) is 23.2 Å². The van der Waals surface area contributed by atoms with Gasteiger partial charge < -0.3 is 10.6 Å². The van der Waals surface area contributed by atoms with Crippen LogP contribution in [0.25, 0.3) is 0 Å². The van der Waals surface area contributed by atoms with Crippen LogP contribution in [0.2, 0.25) is 15.1 Å². The Kier molecular flexibility index (Phi) is 7.88. The summed E-state index contributed by atoms with van der Waals surface area (Å²) in [5.74, 6) is -3.03. The van der Waals surface area contributed by atoms with E-state index in [9.17, 15) is 18.8 Å². The van der Waals surface area contributed by atoms with Gasteiger partial charge in [0.15, 0.2) is 5.78 Å². The minimum Gasteiger partial charge on any atom is -0.326 e. The molecular weight excluding hydrogens is 609 g/mol. The van der Waals surface area contributed by atoms with Gasteiger partial charge in [0.1, 0.15) is 10.2 Å². The van der Waals surface area contributed by atoms with Crippen molar-refractivity contribution in [2.24, 2.45) is 11.8 Å². The minimum absolute atomic E-state index is 0.0179. The molecule has 2 saturated carbocycles. The van der Waals surface area contributed by atoms with Crippen LogP contribution in [0.3, 0.4) is 0 Å². The summed E-state index contributed by atoms with van der Waals surface area (Å²) >= 11 is 31.3. The van der Waals surface area contributed by atoms with E-state index in [0.717, 1.165) is 12.8 Å². The zero-order valence-electron chi connectivity index (χ0n) is 20.0. The van der Waals surface area contributed by atoms with Crippen molar-refractivity contribution in [2.45, 2.75) is 29.5 Å². The van der Waals surface area contributed by atoms with Crippen LogP contribution in [-0.4, -0.2) is 21.9 Å². The lowest BCUT2D eigenvalue weighted by Gasteiger charge is -2.10. The highest BCUT2D eigenvalue weighted by molar-refractivity contribution is 6.53. The van der Waals surface area contributed by atoms with Crippen molar-refractivity contribution < 1.29 is 18.8 Å². The predicted molar refractivity (Wildman–Crippen MR) is 153 cm³/mol. The molecule has 39 heavy (non-hydrogen) atoms. The molecule has 2 aliphatic rings. The Hall–Kier alpha value is -2.35. The zero-order chi connectivity index (χ0) is 28.1. The van der Waals surface area contributed by atoms with Gasteiger partial charge in [-0.05, 0) is 72.5 Å². The van der Waals surface area contributed by atoms with Gasteiger partial charge in [-0.3, -0.25) is 14.4 Å². The lowest BCUT2D eigenvalue weighted by atomic mass is 10.0.